The predicted molar refractivity (Wildman–Crippen MR) is 75.1 cm³/mol. The first kappa shape index (κ1) is 13.9. The Labute approximate surface area is 122 Å². The Morgan fingerprint density at radius 3 is 2.76 bits per heavy atom. The molecule has 1 heterocycles. The van der Waals surface area contributed by atoms with E-state index in [9.17, 15) is 14.7 Å². The van der Waals surface area contributed by atoms with Crippen LogP contribution in [0.15, 0.2) is 24.4 Å². The van der Waals surface area contributed by atoms with Crippen LogP contribution in [0.4, 0.5) is 0 Å². The second kappa shape index (κ2) is 5.35. The third-order valence-corrected chi connectivity index (χ3v) is 4.59. The van der Waals surface area contributed by atoms with Crippen molar-refractivity contribution in [2.75, 3.05) is 0 Å². The molecule has 0 aliphatic heterocycles. The van der Waals surface area contributed by atoms with Gasteiger partial charge in [-0.25, -0.2) is 0 Å². The summed E-state index contributed by atoms with van der Waals surface area (Å²) in [6.45, 7) is 3.11. The average Bonchev–Trinajstić information content (AvgIpc) is 3.18. The van der Waals surface area contributed by atoms with Crippen LogP contribution >= 0.6 is 0 Å². The fourth-order valence-electron chi connectivity index (χ4n) is 3.61. The Morgan fingerprint density at radius 1 is 1.38 bits per heavy atom. The number of carboxylic acid groups (broad SMARTS) is 1. The van der Waals surface area contributed by atoms with Gasteiger partial charge in [0, 0.05) is 12.7 Å². The van der Waals surface area contributed by atoms with Crippen LogP contribution in [0.5, 0.6) is 0 Å². The van der Waals surface area contributed by atoms with Crippen molar-refractivity contribution < 1.29 is 14.7 Å². The molecule has 6 heteroatoms. The van der Waals surface area contributed by atoms with E-state index in [1.165, 1.54) is 0 Å². The summed E-state index contributed by atoms with van der Waals surface area (Å²) in [5.41, 5.74) is 0.927. The van der Waals surface area contributed by atoms with Crippen molar-refractivity contribution in [3.63, 3.8) is 0 Å². The van der Waals surface area contributed by atoms with E-state index in [-0.39, 0.29) is 17.7 Å². The molecule has 2 aliphatic carbocycles. The Balaban J connectivity index is 1.68. The van der Waals surface area contributed by atoms with Gasteiger partial charge in [-0.15, -0.1) is 0 Å². The van der Waals surface area contributed by atoms with Gasteiger partial charge in [-0.3, -0.25) is 14.3 Å². The minimum absolute atomic E-state index is 0.00409. The number of hydrogen-bond acceptors (Lipinski definition) is 3. The number of hydrogen-bond donors (Lipinski definition) is 2. The number of nitrogens with one attached hydrogen (secondary N) is 1. The molecule has 0 aromatic carbocycles. The molecular formula is C15H19N3O3. The van der Waals surface area contributed by atoms with E-state index in [2.05, 4.69) is 10.4 Å². The maximum absolute atomic E-state index is 12.4. The van der Waals surface area contributed by atoms with Crippen molar-refractivity contribution in [2.24, 2.45) is 23.7 Å². The number of rotatable bonds is 5. The van der Waals surface area contributed by atoms with Gasteiger partial charge in [0.25, 0.3) is 0 Å². The molecule has 6 nitrogen and oxygen atoms in total. The van der Waals surface area contributed by atoms with E-state index in [0.29, 0.717) is 6.54 Å². The maximum atomic E-state index is 12.4. The summed E-state index contributed by atoms with van der Waals surface area (Å²) in [5, 5.41) is 16.4. The van der Waals surface area contributed by atoms with Crippen molar-refractivity contribution in [2.45, 2.75) is 26.4 Å². The van der Waals surface area contributed by atoms with Crippen LogP contribution < -0.4 is 5.32 Å². The SMILES string of the molecule is CCn1nccc1CNC(=O)C1C2C=CC(C2)C1C(=O)O. The monoisotopic (exact) mass is 289 g/mol. The lowest BCUT2D eigenvalue weighted by Crippen LogP contribution is -2.40. The number of allylic oxidation sites excluding steroid dienone is 2. The van der Waals surface area contributed by atoms with Crippen LogP contribution in [0.1, 0.15) is 19.0 Å². The first-order chi connectivity index (χ1) is 10.1. The zero-order valence-corrected chi connectivity index (χ0v) is 11.9. The molecule has 0 saturated heterocycles. The van der Waals surface area contributed by atoms with Gasteiger partial charge in [0.1, 0.15) is 0 Å². The molecule has 0 spiro atoms. The lowest BCUT2D eigenvalue weighted by molar-refractivity contribution is -0.147. The van der Waals surface area contributed by atoms with E-state index in [1.807, 2.05) is 29.8 Å². The molecule has 1 saturated carbocycles. The highest BCUT2D eigenvalue weighted by atomic mass is 16.4. The smallest absolute Gasteiger partial charge is 0.307 e. The van der Waals surface area contributed by atoms with Crippen LogP contribution in [0, 0.1) is 23.7 Å². The van der Waals surface area contributed by atoms with E-state index >= 15 is 0 Å². The molecule has 1 aromatic heterocycles. The first-order valence-electron chi connectivity index (χ1n) is 7.31. The summed E-state index contributed by atoms with van der Waals surface area (Å²) < 4.78 is 1.82. The molecule has 21 heavy (non-hydrogen) atoms. The Bertz CT molecular complexity index is 593. The van der Waals surface area contributed by atoms with Gasteiger partial charge < -0.3 is 10.4 Å². The predicted octanol–water partition coefficient (Wildman–Crippen LogP) is 1.04. The van der Waals surface area contributed by atoms with Crippen LogP contribution in [0.25, 0.3) is 0 Å². The zero-order valence-electron chi connectivity index (χ0n) is 11.9. The largest absolute Gasteiger partial charge is 0.481 e. The standard InChI is InChI=1S/C15H19N3O3/c1-2-18-11(5-6-17-18)8-16-14(19)12-9-3-4-10(7-9)13(12)15(20)21/h3-6,9-10,12-13H,2,7-8H2,1H3,(H,16,19)(H,20,21). The van der Waals surface area contributed by atoms with Crippen LogP contribution in [-0.2, 0) is 22.7 Å². The minimum atomic E-state index is -0.870. The molecule has 3 rings (SSSR count). The summed E-state index contributed by atoms with van der Waals surface area (Å²) in [4.78, 5) is 23.8. The molecule has 4 atom stereocenters. The number of amides is 1. The van der Waals surface area contributed by atoms with Crippen molar-refractivity contribution in [3.05, 3.63) is 30.1 Å². The second-order valence-corrected chi connectivity index (χ2v) is 5.69. The van der Waals surface area contributed by atoms with Crippen LogP contribution in [0.2, 0.25) is 0 Å². The van der Waals surface area contributed by atoms with Crippen LogP contribution in [-0.4, -0.2) is 26.8 Å². The fourth-order valence-corrected chi connectivity index (χ4v) is 3.61. The summed E-state index contributed by atoms with van der Waals surface area (Å²) >= 11 is 0. The fraction of sp³-hybridized carbons (Fsp3) is 0.533. The van der Waals surface area contributed by atoms with Crippen molar-refractivity contribution in [1.82, 2.24) is 15.1 Å². The molecule has 4 unspecified atom stereocenters. The van der Waals surface area contributed by atoms with E-state index < -0.39 is 17.8 Å². The first-order valence-corrected chi connectivity index (χ1v) is 7.31. The zero-order chi connectivity index (χ0) is 15.0. The Hall–Kier alpha value is -2.11. The third kappa shape index (κ3) is 2.34. The molecule has 1 fully saturated rings. The number of carboxylic acids is 1. The lowest BCUT2D eigenvalue weighted by atomic mass is 9.82. The van der Waals surface area contributed by atoms with Gasteiger partial charge in [-0.1, -0.05) is 12.2 Å². The highest BCUT2D eigenvalue weighted by Gasteiger charge is 2.51. The highest BCUT2D eigenvalue weighted by molar-refractivity contribution is 5.86. The quantitative estimate of drug-likeness (QED) is 0.793. The molecule has 2 bridgehead atoms. The minimum Gasteiger partial charge on any atom is -0.481 e. The Morgan fingerprint density at radius 2 is 2.10 bits per heavy atom. The number of fused-ring (bicyclic) bond motifs is 2. The summed E-state index contributed by atoms with van der Waals surface area (Å²) in [6, 6.07) is 1.86. The van der Waals surface area contributed by atoms with Crippen molar-refractivity contribution >= 4 is 11.9 Å². The van der Waals surface area contributed by atoms with E-state index in [1.54, 1.807) is 6.20 Å². The molecule has 0 radical (unpaired) electrons. The molecular weight excluding hydrogens is 270 g/mol. The number of aryl methyl sites for hydroxylation is 1. The number of nitrogens with zero attached hydrogens (tertiary/aromatic N) is 2. The maximum Gasteiger partial charge on any atom is 0.307 e. The topological polar surface area (TPSA) is 84.2 Å². The highest BCUT2D eigenvalue weighted by Crippen LogP contribution is 2.48. The summed E-state index contributed by atoms with van der Waals surface area (Å²) in [7, 11) is 0. The van der Waals surface area contributed by atoms with Gasteiger partial charge in [0.05, 0.1) is 24.1 Å². The number of aromatic nitrogens is 2. The normalized spacial score (nSPS) is 29.8. The summed E-state index contributed by atoms with van der Waals surface area (Å²) in [6.07, 6.45) is 6.41. The van der Waals surface area contributed by atoms with Gasteiger partial charge in [0.15, 0.2) is 0 Å². The van der Waals surface area contributed by atoms with Gasteiger partial charge >= 0.3 is 5.97 Å². The molecule has 1 aromatic rings. The molecule has 112 valence electrons. The summed E-state index contributed by atoms with van der Waals surface area (Å²) in [5.74, 6) is -2.00. The van der Waals surface area contributed by atoms with E-state index in [4.69, 9.17) is 0 Å². The molecule has 1 amide bonds. The van der Waals surface area contributed by atoms with Crippen molar-refractivity contribution in [1.29, 1.82) is 0 Å². The number of aliphatic carboxylic acids is 1. The van der Waals surface area contributed by atoms with E-state index in [0.717, 1.165) is 18.7 Å². The lowest BCUT2D eigenvalue weighted by Gasteiger charge is -2.23. The third-order valence-electron chi connectivity index (χ3n) is 4.59. The molecule has 2 aliphatic rings. The number of carbonyl (C=O) groups excluding carboxylic acids is 1. The van der Waals surface area contributed by atoms with Gasteiger partial charge in [0.2, 0.25) is 5.91 Å². The van der Waals surface area contributed by atoms with Crippen LogP contribution in [0.3, 0.4) is 0 Å². The second-order valence-electron chi connectivity index (χ2n) is 5.69. The average molecular weight is 289 g/mol. The molecule has 2 N–H and O–H groups in total. The van der Waals surface area contributed by atoms with Gasteiger partial charge in [-0.2, -0.15) is 5.10 Å². The van der Waals surface area contributed by atoms with Gasteiger partial charge in [-0.05, 0) is 31.2 Å². The number of carbonyl (C=O) groups is 2. The Kier molecular flexibility index (Phi) is 3.53. The van der Waals surface area contributed by atoms with Crippen molar-refractivity contribution in [3.8, 4) is 0 Å².